The van der Waals surface area contributed by atoms with E-state index in [1.165, 1.54) is 6.42 Å². The van der Waals surface area contributed by atoms with Crippen LogP contribution >= 0.6 is 0 Å². The van der Waals surface area contributed by atoms with Crippen LogP contribution in [0.2, 0.25) is 0 Å². The van der Waals surface area contributed by atoms with Crippen LogP contribution in [0.4, 0.5) is 0 Å². The third-order valence-corrected chi connectivity index (χ3v) is 3.14. The summed E-state index contributed by atoms with van der Waals surface area (Å²) < 4.78 is 5.83. The minimum Gasteiger partial charge on any atom is -0.381 e. The molecule has 12 heavy (non-hydrogen) atoms. The molecule has 0 amide bonds. The normalized spacial score (nSPS) is 41.9. The summed E-state index contributed by atoms with van der Waals surface area (Å²) in [7, 11) is 5.78. The van der Waals surface area contributed by atoms with Crippen molar-refractivity contribution in [3.63, 3.8) is 0 Å². The van der Waals surface area contributed by atoms with Crippen molar-refractivity contribution in [3.8, 4) is 0 Å². The largest absolute Gasteiger partial charge is 0.381 e. The van der Waals surface area contributed by atoms with E-state index in [2.05, 4.69) is 20.8 Å². The summed E-state index contributed by atoms with van der Waals surface area (Å²) in [6, 6.07) is -0.0218. The van der Waals surface area contributed by atoms with Gasteiger partial charge in [0.25, 0.3) is 0 Å². The van der Waals surface area contributed by atoms with Gasteiger partial charge in [0.05, 0.1) is 5.60 Å². The molecule has 2 heteroatoms. The van der Waals surface area contributed by atoms with Crippen LogP contribution in [0.15, 0.2) is 0 Å². The maximum Gasteiger partial charge on any atom is 0.109 e. The molecular formula is C10H19BO. The molecule has 0 N–H and O–H groups in total. The van der Waals surface area contributed by atoms with E-state index in [9.17, 15) is 0 Å². The van der Waals surface area contributed by atoms with Gasteiger partial charge in [0.1, 0.15) is 7.85 Å². The zero-order valence-electron chi connectivity index (χ0n) is 8.47. The minimum absolute atomic E-state index is 0.0218. The minimum atomic E-state index is -0.0218. The average Bonchev–Trinajstić information content (AvgIpc) is 2.28. The third-order valence-electron chi connectivity index (χ3n) is 3.14. The summed E-state index contributed by atoms with van der Waals surface area (Å²) in [6.07, 6.45) is 4.45. The first-order valence-corrected chi connectivity index (χ1v) is 5.08. The standard InChI is InChI=1S/C10H19BO/c1-4-6-10(5-2)8(3)7-9(11)12-10/h8-9H,4-7H2,1-3H3/t8-,9-,10?/m1/s1. The molecule has 1 saturated heterocycles. The molecule has 1 nitrogen and oxygen atoms in total. The molecule has 1 aliphatic heterocycles. The summed E-state index contributed by atoms with van der Waals surface area (Å²) in [5.74, 6) is 0.623. The Morgan fingerprint density at radius 1 is 1.50 bits per heavy atom. The molecule has 2 radical (unpaired) electrons. The van der Waals surface area contributed by atoms with E-state index in [1.807, 2.05) is 0 Å². The molecule has 1 heterocycles. The van der Waals surface area contributed by atoms with Gasteiger partial charge in [0.2, 0.25) is 0 Å². The molecule has 0 aromatic heterocycles. The van der Waals surface area contributed by atoms with Crippen LogP contribution in [0.5, 0.6) is 0 Å². The van der Waals surface area contributed by atoms with Gasteiger partial charge in [-0.25, -0.2) is 0 Å². The van der Waals surface area contributed by atoms with Crippen molar-refractivity contribution < 1.29 is 4.74 Å². The molecular weight excluding hydrogens is 147 g/mol. The molecule has 1 unspecified atom stereocenters. The van der Waals surface area contributed by atoms with Gasteiger partial charge in [-0.3, -0.25) is 0 Å². The Morgan fingerprint density at radius 2 is 2.17 bits per heavy atom. The van der Waals surface area contributed by atoms with Crippen LogP contribution in [0, 0.1) is 5.92 Å². The van der Waals surface area contributed by atoms with Gasteiger partial charge in [-0.2, -0.15) is 0 Å². The highest BCUT2D eigenvalue weighted by Gasteiger charge is 2.41. The van der Waals surface area contributed by atoms with Gasteiger partial charge in [-0.05, 0) is 25.2 Å². The van der Waals surface area contributed by atoms with E-state index >= 15 is 0 Å². The quantitative estimate of drug-likeness (QED) is 0.585. The Bertz CT molecular complexity index is 149. The second-order valence-electron chi connectivity index (χ2n) is 3.96. The molecule has 0 spiro atoms. The summed E-state index contributed by atoms with van der Waals surface area (Å²) in [5, 5.41) is 0. The highest BCUT2D eigenvalue weighted by molar-refractivity contribution is 6.11. The first kappa shape index (κ1) is 10.1. The second-order valence-corrected chi connectivity index (χ2v) is 3.96. The molecule has 0 aromatic carbocycles. The number of ether oxygens (including phenoxy) is 1. The van der Waals surface area contributed by atoms with E-state index in [0.717, 1.165) is 19.3 Å². The highest BCUT2D eigenvalue weighted by atomic mass is 16.5. The molecule has 0 saturated carbocycles. The van der Waals surface area contributed by atoms with Gasteiger partial charge in [-0.15, -0.1) is 0 Å². The lowest BCUT2D eigenvalue weighted by atomic mass is 9.81. The smallest absolute Gasteiger partial charge is 0.109 e. The zero-order valence-corrected chi connectivity index (χ0v) is 8.47. The van der Waals surface area contributed by atoms with Gasteiger partial charge >= 0.3 is 0 Å². The maximum absolute atomic E-state index is 5.83. The summed E-state index contributed by atoms with van der Waals surface area (Å²) >= 11 is 0. The second kappa shape index (κ2) is 3.82. The Morgan fingerprint density at radius 3 is 2.50 bits per heavy atom. The van der Waals surface area contributed by atoms with E-state index < -0.39 is 0 Å². The lowest BCUT2D eigenvalue weighted by molar-refractivity contribution is -0.0410. The van der Waals surface area contributed by atoms with Crippen molar-refractivity contribution in [2.24, 2.45) is 5.92 Å². The molecule has 0 aliphatic carbocycles. The topological polar surface area (TPSA) is 9.23 Å². The fraction of sp³-hybridized carbons (Fsp3) is 1.00. The number of hydrogen-bond donors (Lipinski definition) is 0. The third kappa shape index (κ3) is 1.68. The average molecular weight is 166 g/mol. The van der Waals surface area contributed by atoms with Crippen LogP contribution < -0.4 is 0 Å². The molecule has 1 aliphatic rings. The monoisotopic (exact) mass is 166 g/mol. The Balaban J connectivity index is 2.65. The molecule has 1 fully saturated rings. The predicted octanol–water partition coefficient (Wildman–Crippen LogP) is 2.49. The predicted molar refractivity (Wildman–Crippen MR) is 52.3 cm³/mol. The number of hydrogen-bond acceptors (Lipinski definition) is 1. The fourth-order valence-electron chi connectivity index (χ4n) is 2.37. The van der Waals surface area contributed by atoms with Crippen molar-refractivity contribution in [2.45, 2.75) is 58.1 Å². The van der Waals surface area contributed by atoms with Crippen molar-refractivity contribution in [1.82, 2.24) is 0 Å². The van der Waals surface area contributed by atoms with E-state index in [-0.39, 0.29) is 11.6 Å². The van der Waals surface area contributed by atoms with Gasteiger partial charge in [-0.1, -0.05) is 27.2 Å². The van der Waals surface area contributed by atoms with Crippen molar-refractivity contribution in [2.75, 3.05) is 0 Å². The van der Waals surface area contributed by atoms with Gasteiger partial charge < -0.3 is 4.74 Å². The Hall–Kier alpha value is 0.0249. The fourth-order valence-corrected chi connectivity index (χ4v) is 2.37. The SMILES string of the molecule is [B][C@H]1C[C@@H](C)C(CC)(CCC)O1. The van der Waals surface area contributed by atoms with Gasteiger partial charge in [0.15, 0.2) is 0 Å². The van der Waals surface area contributed by atoms with E-state index in [4.69, 9.17) is 12.6 Å². The zero-order chi connectivity index (χ0) is 9.19. The van der Waals surface area contributed by atoms with Crippen molar-refractivity contribution >= 4 is 7.85 Å². The molecule has 1 rings (SSSR count). The van der Waals surface area contributed by atoms with E-state index in [1.54, 1.807) is 0 Å². The lowest BCUT2D eigenvalue weighted by Crippen LogP contribution is -2.33. The first-order valence-electron chi connectivity index (χ1n) is 5.08. The molecule has 0 bridgehead atoms. The van der Waals surface area contributed by atoms with Crippen molar-refractivity contribution in [3.05, 3.63) is 0 Å². The van der Waals surface area contributed by atoms with Crippen LogP contribution in [0.3, 0.4) is 0 Å². The summed E-state index contributed by atoms with van der Waals surface area (Å²) in [5.41, 5.74) is 0.0914. The molecule has 0 aromatic rings. The van der Waals surface area contributed by atoms with Crippen LogP contribution in [-0.4, -0.2) is 19.5 Å². The first-order chi connectivity index (χ1) is 5.64. The Labute approximate surface area is 77.3 Å². The highest BCUT2D eigenvalue weighted by Crippen LogP contribution is 2.40. The van der Waals surface area contributed by atoms with E-state index in [0.29, 0.717) is 5.92 Å². The van der Waals surface area contributed by atoms with Crippen LogP contribution in [-0.2, 0) is 4.74 Å². The number of rotatable bonds is 3. The van der Waals surface area contributed by atoms with Gasteiger partial charge in [0, 0.05) is 6.00 Å². The lowest BCUT2D eigenvalue weighted by Gasteiger charge is -2.32. The molecule has 3 atom stereocenters. The van der Waals surface area contributed by atoms with Crippen LogP contribution in [0.1, 0.15) is 46.5 Å². The maximum atomic E-state index is 5.83. The summed E-state index contributed by atoms with van der Waals surface area (Å²) in [6.45, 7) is 6.66. The van der Waals surface area contributed by atoms with Crippen molar-refractivity contribution in [1.29, 1.82) is 0 Å². The summed E-state index contributed by atoms with van der Waals surface area (Å²) in [4.78, 5) is 0. The Kier molecular flexibility index (Phi) is 3.22. The molecule has 68 valence electrons. The van der Waals surface area contributed by atoms with Crippen LogP contribution in [0.25, 0.3) is 0 Å².